The van der Waals surface area contributed by atoms with Crippen LogP contribution in [0.25, 0.3) is 0 Å². The molecule has 0 atom stereocenters. The summed E-state index contributed by atoms with van der Waals surface area (Å²) in [5.74, 6) is -0.0843. The van der Waals surface area contributed by atoms with Crippen LogP contribution in [-0.2, 0) is 6.54 Å². The van der Waals surface area contributed by atoms with Crippen molar-refractivity contribution in [3.05, 3.63) is 21.4 Å². The van der Waals surface area contributed by atoms with E-state index in [1.807, 2.05) is 13.0 Å². The van der Waals surface area contributed by atoms with E-state index in [-0.39, 0.29) is 0 Å². The minimum Gasteiger partial charge on any atom is -0.477 e. The average molecular weight is 281 g/mol. The predicted octanol–water partition coefficient (Wildman–Crippen LogP) is 3.77. The summed E-state index contributed by atoms with van der Waals surface area (Å²) in [6.45, 7) is 8.57. The van der Waals surface area contributed by atoms with Gasteiger partial charge in [-0.3, -0.25) is 4.90 Å². The molecule has 0 aliphatic heterocycles. The second-order valence-electron chi connectivity index (χ2n) is 5.88. The summed E-state index contributed by atoms with van der Waals surface area (Å²) in [6, 6.07) is 2.58. The molecule has 0 bridgehead atoms. The van der Waals surface area contributed by atoms with E-state index in [9.17, 15) is 4.79 Å². The Morgan fingerprint density at radius 3 is 2.68 bits per heavy atom. The van der Waals surface area contributed by atoms with Gasteiger partial charge in [-0.05, 0) is 50.3 Å². The molecule has 106 valence electrons. The van der Waals surface area contributed by atoms with Gasteiger partial charge in [0.15, 0.2) is 0 Å². The van der Waals surface area contributed by atoms with E-state index in [4.69, 9.17) is 5.11 Å². The second-order valence-corrected chi connectivity index (χ2v) is 7.14. The molecule has 0 unspecified atom stereocenters. The lowest BCUT2D eigenvalue weighted by Gasteiger charge is -2.22. The Kier molecular flexibility index (Phi) is 4.63. The molecule has 1 saturated carbocycles. The van der Waals surface area contributed by atoms with Crippen LogP contribution in [0.2, 0.25) is 0 Å². The van der Waals surface area contributed by atoms with Gasteiger partial charge in [-0.2, -0.15) is 0 Å². The third kappa shape index (κ3) is 4.05. The number of carboxylic acids is 1. The topological polar surface area (TPSA) is 40.5 Å². The molecular weight excluding hydrogens is 258 g/mol. The number of hydrogen-bond donors (Lipinski definition) is 1. The average Bonchev–Trinajstić information content (AvgIpc) is 3.09. The molecule has 3 nitrogen and oxygen atoms in total. The molecule has 0 aromatic carbocycles. The Balaban J connectivity index is 2.02. The summed E-state index contributed by atoms with van der Waals surface area (Å²) in [5, 5.41) is 9.05. The predicted molar refractivity (Wildman–Crippen MR) is 78.9 cm³/mol. The fraction of sp³-hybridized carbons (Fsp3) is 0.667. The lowest BCUT2D eigenvalue weighted by molar-refractivity contribution is 0.0702. The minimum atomic E-state index is -0.806. The molecular formula is C15H23NO2S. The Labute approximate surface area is 119 Å². The van der Waals surface area contributed by atoms with E-state index in [0.717, 1.165) is 29.9 Å². The number of aromatic carboxylic acids is 1. The van der Waals surface area contributed by atoms with Crippen molar-refractivity contribution in [3.8, 4) is 0 Å². The van der Waals surface area contributed by atoms with Crippen molar-refractivity contribution in [1.82, 2.24) is 4.90 Å². The van der Waals surface area contributed by atoms with Crippen molar-refractivity contribution in [2.75, 3.05) is 6.54 Å². The largest absolute Gasteiger partial charge is 0.477 e. The first-order valence-corrected chi connectivity index (χ1v) is 7.85. The third-order valence-electron chi connectivity index (χ3n) is 3.66. The molecule has 1 aromatic heterocycles. The van der Waals surface area contributed by atoms with Gasteiger partial charge in [-0.25, -0.2) is 4.79 Å². The van der Waals surface area contributed by atoms with Gasteiger partial charge in [0.1, 0.15) is 4.88 Å². The second kappa shape index (κ2) is 6.06. The van der Waals surface area contributed by atoms with Crippen LogP contribution in [0.4, 0.5) is 0 Å². The Morgan fingerprint density at radius 1 is 1.53 bits per heavy atom. The molecule has 0 saturated heterocycles. The number of thiophene rings is 1. The van der Waals surface area contributed by atoms with Crippen LogP contribution in [-0.4, -0.2) is 28.6 Å². The zero-order chi connectivity index (χ0) is 14.0. The van der Waals surface area contributed by atoms with Gasteiger partial charge >= 0.3 is 5.97 Å². The van der Waals surface area contributed by atoms with Crippen LogP contribution in [0.1, 0.15) is 53.2 Å². The summed E-state index contributed by atoms with van der Waals surface area (Å²) in [6.07, 6.45) is 3.81. The first-order valence-electron chi connectivity index (χ1n) is 7.04. The number of hydrogen-bond acceptors (Lipinski definition) is 3. The maximum atomic E-state index is 11.0. The van der Waals surface area contributed by atoms with Crippen LogP contribution in [0.3, 0.4) is 0 Å². The van der Waals surface area contributed by atoms with Gasteiger partial charge in [0.2, 0.25) is 0 Å². The van der Waals surface area contributed by atoms with Crippen molar-refractivity contribution in [2.45, 2.75) is 52.6 Å². The first-order chi connectivity index (χ1) is 8.97. The zero-order valence-electron chi connectivity index (χ0n) is 12.0. The minimum absolute atomic E-state index is 0.465. The van der Waals surface area contributed by atoms with Gasteiger partial charge < -0.3 is 5.11 Å². The standard InChI is InChI=1S/C15H23NO2S/c1-10(2)6-7-16(13-4-5-13)9-12-8-14(15(17)18)19-11(12)3/h8,10,13H,4-7,9H2,1-3H3,(H,17,18). The van der Waals surface area contributed by atoms with Gasteiger partial charge in [0.25, 0.3) is 0 Å². The summed E-state index contributed by atoms with van der Waals surface area (Å²) >= 11 is 1.39. The summed E-state index contributed by atoms with van der Waals surface area (Å²) in [5.41, 5.74) is 1.19. The van der Waals surface area contributed by atoms with Crippen LogP contribution >= 0.6 is 11.3 Å². The highest BCUT2D eigenvalue weighted by Gasteiger charge is 2.29. The van der Waals surface area contributed by atoms with E-state index in [1.165, 1.54) is 36.2 Å². The lowest BCUT2D eigenvalue weighted by atomic mass is 10.1. The van der Waals surface area contributed by atoms with Crippen LogP contribution in [0, 0.1) is 12.8 Å². The summed E-state index contributed by atoms with van der Waals surface area (Å²) in [4.78, 5) is 15.1. The fourth-order valence-electron chi connectivity index (χ4n) is 2.26. The number of rotatable bonds is 7. The quantitative estimate of drug-likeness (QED) is 0.827. The highest BCUT2D eigenvalue weighted by molar-refractivity contribution is 7.14. The molecule has 1 fully saturated rings. The monoisotopic (exact) mass is 281 g/mol. The number of carbonyl (C=O) groups is 1. The molecule has 2 rings (SSSR count). The SMILES string of the molecule is Cc1sc(C(=O)O)cc1CN(CCC(C)C)C1CC1. The van der Waals surface area contributed by atoms with E-state index in [2.05, 4.69) is 18.7 Å². The molecule has 0 amide bonds. The molecule has 4 heteroatoms. The van der Waals surface area contributed by atoms with E-state index in [0.29, 0.717) is 4.88 Å². The molecule has 1 heterocycles. The fourth-order valence-corrected chi connectivity index (χ4v) is 3.13. The Morgan fingerprint density at radius 2 is 2.21 bits per heavy atom. The van der Waals surface area contributed by atoms with Crippen LogP contribution < -0.4 is 0 Å². The lowest BCUT2D eigenvalue weighted by Crippen LogP contribution is -2.27. The highest BCUT2D eigenvalue weighted by Crippen LogP contribution is 2.31. The third-order valence-corrected chi connectivity index (χ3v) is 4.74. The molecule has 1 aromatic rings. The molecule has 0 radical (unpaired) electrons. The summed E-state index contributed by atoms with van der Waals surface area (Å²) < 4.78 is 0. The van der Waals surface area contributed by atoms with E-state index < -0.39 is 5.97 Å². The smallest absolute Gasteiger partial charge is 0.345 e. The number of carboxylic acid groups (broad SMARTS) is 1. The highest BCUT2D eigenvalue weighted by atomic mass is 32.1. The maximum Gasteiger partial charge on any atom is 0.345 e. The number of aryl methyl sites for hydroxylation is 1. The van der Waals surface area contributed by atoms with Crippen molar-refractivity contribution in [2.24, 2.45) is 5.92 Å². The molecule has 0 spiro atoms. The Hall–Kier alpha value is -0.870. The molecule has 1 aliphatic carbocycles. The van der Waals surface area contributed by atoms with Crippen LogP contribution in [0.15, 0.2) is 6.07 Å². The maximum absolute atomic E-state index is 11.0. The van der Waals surface area contributed by atoms with E-state index >= 15 is 0 Å². The van der Waals surface area contributed by atoms with Crippen molar-refractivity contribution >= 4 is 17.3 Å². The van der Waals surface area contributed by atoms with Crippen LogP contribution in [0.5, 0.6) is 0 Å². The molecule has 19 heavy (non-hydrogen) atoms. The first kappa shape index (κ1) is 14.5. The van der Waals surface area contributed by atoms with Gasteiger partial charge in [-0.1, -0.05) is 13.8 Å². The van der Waals surface area contributed by atoms with Crippen molar-refractivity contribution in [3.63, 3.8) is 0 Å². The number of nitrogens with zero attached hydrogens (tertiary/aromatic N) is 1. The van der Waals surface area contributed by atoms with Gasteiger partial charge in [0, 0.05) is 17.5 Å². The Bertz CT molecular complexity index is 449. The molecule has 1 N–H and O–H groups in total. The van der Waals surface area contributed by atoms with Gasteiger partial charge in [0.05, 0.1) is 0 Å². The van der Waals surface area contributed by atoms with Gasteiger partial charge in [-0.15, -0.1) is 11.3 Å². The van der Waals surface area contributed by atoms with Crippen molar-refractivity contribution in [1.29, 1.82) is 0 Å². The van der Waals surface area contributed by atoms with E-state index in [1.54, 1.807) is 0 Å². The van der Waals surface area contributed by atoms with Crippen molar-refractivity contribution < 1.29 is 9.90 Å². The zero-order valence-corrected chi connectivity index (χ0v) is 12.8. The summed E-state index contributed by atoms with van der Waals surface area (Å²) in [7, 11) is 0. The molecule has 1 aliphatic rings. The normalized spacial score (nSPS) is 15.4.